The van der Waals surface area contributed by atoms with E-state index in [0.29, 0.717) is 0 Å². The molecule has 1 atom stereocenters. The predicted molar refractivity (Wildman–Crippen MR) is 69.0 cm³/mol. The molecule has 1 nitrogen and oxygen atoms in total. The van der Waals surface area contributed by atoms with Gasteiger partial charge >= 0.3 is 0 Å². The maximum Gasteiger partial charge on any atom is 0.0936 e. The van der Waals surface area contributed by atoms with Crippen LogP contribution >= 0.6 is 22.9 Å². The van der Waals surface area contributed by atoms with Gasteiger partial charge in [0.2, 0.25) is 0 Å². The van der Waals surface area contributed by atoms with E-state index in [1.54, 1.807) is 0 Å². The summed E-state index contributed by atoms with van der Waals surface area (Å²) in [6, 6.07) is 0. The lowest BCUT2D eigenvalue weighted by Crippen LogP contribution is -2.21. The second kappa shape index (κ2) is 5.31. The monoisotopic (exact) mass is 245 g/mol. The minimum atomic E-state index is 0.215. The summed E-state index contributed by atoms with van der Waals surface area (Å²) in [5, 5.41) is 1.24. The van der Waals surface area contributed by atoms with Crippen molar-refractivity contribution < 1.29 is 0 Å². The van der Waals surface area contributed by atoms with Crippen molar-refractivity contribution in [3.8, 4) is 0 Å². The van der Waals surface area contributed by atoms with Gasteiger partial charge in [0.05, 0.1) is 10.7 Å². The summed E-state index contributed by atoms with van der Waals surface area (Å²) in [4.78, 5) is 5.92. The van der Waals surface area contributed by atoms with Crippen LogP contribution in [0.25, 0.3) is 0 Å². The van der Waals surface area contributed by atoms with Crippen LogP contribution in [0.5, 0.6) is 0 Å². The molecule has 1 heterocycles. The van der Waals surface area contributed by atoms with Crippen LogP contribution in [0.3, 0.4) is 0 Å². The summed E-state index contributed by atoms with van der Waals surface area (Å²) in [7, 11) is 0. The summed E-state index contributed by atoms with van der Waals surface area (Å²) in [6.07, 6.45) is 3.38. The molecule has 1 rings (SSSR count). The second-order valence-electron chi connectivity index (χ2n) is 4.62. The zero-order valence-electron chi connectivity index (χ0n) is 10.1. The molecule has 0 spiro atoms. The predicted octanol–water partition coefficient (Wildman–Crippen LogP) is 4.35. The Kier molecular flexibility index (Phi) is 4.60. The minimum Gasteiger partial charge on any atom is -0.246 e. The first-order valence-corrected chi connectivity index (χ1v) is 6.85. The Hall–Kier alpha value is -0.0800. The molecule has 0 fully saturated rings. The van der Waals surface area contributed by atoms with Gasteiger partial charge in [-0.15, -0.1) is 22.9 Å². The van der Waals surface area contributed by atoms with E-state index in [1.807, 2.05) is 11.3 Å². The normalized spacial score (nSPS) is 15.3. The van der Waals surface area contributed by atoms with Crippen molar-refractivity contribution in [1.82, 2.24) is 4.98 Å². The third-order valence-electron chi connectivity index (χ3n) is 2.83. The van der Waals surface area contributed by atoms with E-state index in [0.717, 1.165) is 12.3 Å². The maximum atomic E-state index is 6.06. The van der Waals surface area contributed by atoms with Gasteiger partial charge in [-0.3, -0.25) is 0 Å². The highest BCUT2D eigenvalue weighted by atomic mass is 35.5. The van der Waals surface area contributed by atoms with E-state index < -0.39 is 0 Å². The quantitative estimate of drug-likeness (QED) is 0.703. The Balaban J connectivity index is 2.74. The van der Waals surface area contributed by atoms with Crippen LogP contribution in [-0.2, 0) is 6.42 Å². The Morgan fingerprint density at radius 2 is 2.07 bits per heavy atom. The van der Waals surface area contributed by atoms with Gasteiger partial charge < -0.3 is 0 Å². The highest BCUT2D eigenvalue weighted by Crippen LogP contribution is 2.31. The van der Waals surface area contributed by atoms with Crippen molar-refractivity contribution in [1.29, 1.82) is 0 Å². The molecule has 0 saturated heterocycles. The highest BCUT2D eigenvalue weighted by molar-refractivity contribution is 7.11. The summed E-state index contributed by atoms with van der Waals surface area (Å²) < 4.78 is 0. The second-order valence-corrected chi connectivity index (χ2v) is 6.18. The molecule has 0 aliphatic rings. The van der Waals surface area contributed by atoms with E-state index >= 15 is 0 Å². The number of hydrogen-bond donors (Lipinski definition) is 0. The van der Waals surface area contributed by atoms with Gasteiger partial charge in [-0.25, -0.2) is 4.98 Å². The molecule has 0 bridgehead atoms. The first kappa shape index (κ1) is 13.0. The lowest BCUT2D eigenvalue weighted by atomic mass is 9.85. The van der Waals surface area contributed by atoms with Crippen molar-refractivity contribution in [2.24, 2.45) is 5.41 Å². The van der Waals surface area contributed by atoms with Gasteiger partial charge in [-0.1, -0.05) is 20.3 Å². The third kappa shape index (κ3) is 3.46. The topological polar surface area (TPSA) is 12.9 Å². The van der Waals surface area contributed by atoms with Crippen molar-refractivity contribution in [3.05, 3.63) is 15.6 Å². The van der Waals surface area contributed by atoms with Gasteiger partial charge in [0.1, 0.15) is 0 Å². The van der Waals surface area contributed by atoms with Crippen LogP contribution in [0, 0.1) is 19.3 Å². The Bertz CT molecular complexity index is 302. The largest absolute Gasteiger partial charge is 0.246 e. The molecule has 0 aliphatic heterocycles. The molecule has 0 N–H and O–H groups in total. The fraction of sp³-hybridized carbons (Fsp3) is 0.750. The molecule has 86 valence electrons. The molecule has 0 aromatic carbocycles. The van der Waals surface area contributed by atoms with E-state index in [9.17, 15) is 0 Å². The smallest absolute Gasteiger partial charge is 0.0936 e. The fourth-order valence-electron chi connectivity index (χ4n) is 1.79. The van der Waals surface area contributed by atoms with Crippen LogP contribution in [0.4, 0.5) is 0 Å². The minimum absolute atomic E-state index is 0.215. The summed E-state index contributed by atoms with van der Waals surface area (Å²) in [6.45, 7) is 8.68. The van der Waals surface area contributed by atoms with Gasteiger partial charge in [0.15, 0.2) is 0 Å². The van der Waals surface area contributed by atoms with Gasteiger partial charge in [0, 0.05) is 17.2 Å². The van der Waals surface area contributed by atoms with E-state index in [1.165, 1.54) is 28.4 Å². The molecule has 0 aliphatic carbocycles. The lowest BCUT2D eigenvalue weighted by molar-refractivity contribution is 0.334. The number of halogens is 1. The van der Waals surface area contributed by atoms with Crippen LogP contribution in [0.1, 0.15) is 42.3 Å². The zero-order valence-corrected chi connectivity index (χ0v) is 11.6. The van der Waals surface area contributed by atoms with Crippen LogP contribution in [-0.4, -0.2) is 10.9 Å². The standard InChI is InChI=1S/C12H20ClNS/c1-5-6-12(4,8-13)7-11-14-9(2)10(3)15-11/h5-8H2,1-4H3. The van der Waals surface area contributed by atoms with Gasteiger partial charge in [0.25, 0.3) is 0 Å². The number of aromatic nitrogens is 1. The summed E-state index contributed by atoms with van der Waals surface area (Å²) in [5.41, 5.74) is 1.39. The third-order valence-corrected chi connectivity index (χ3v) is 4.55. The van der Waals surface area contributed by atoms with Crippen LogP contribution in [0.2, 0.25) is 0 Å². The number of rotatable bonds is 5. The Morgan fingerprint density at radius 3 is 2.47 bits per heavy atom. The molecular formula is C12H20ClNS. The molecule has 3 heteroatoms. The number of alkyl halides is 1. The van der Waals surface area contributed by atoms with Crippen molar-refractivity contribution in [2.45, 2.75) is 47.0 Å². The zero-order chi connectivity index (χ0) is 11.5. The van der Waals surface area contributed by atoms with E-state index in [-0.39, 0.29) is 5.41 Å². The van der Waals surface area contributed by atoms with Crippen molar-refractivity contribution in [2.75, 3.05) is 5.88 Å². The SMILES string of the molecule is CCCC(C)(CCl)Cc1nc(C)c(C)s1. The number of thiazole rings is 1. The molecule has 15 heavy (non-hydrogen) atoms. The highest BCUT2D eigenvalue weighted by Gasteiger charge is 2.24. The average molecular weight is 246 g/mol. The molecule has 0 amide bonds. The van der Waals surface area contributed by atoms with Crippen molar-refractivity contribution in [3.63, 3.8) is 0 Å². The van der Waals surface area contributed by atoms with Gasteiger partial charge in [-0.2, -0.15) is 0 Å². The molecule has 0 saturated carbocycles. The number of nitrogens with zero attached hydrogens (tertiary/aromatic N) is 1. The summed E-state index contributed by atoms with van der Waals surface area (Å²) in [5.74, 6) is 0.721. The van der Waals surface area contributed by atoms with E-state index in [2.05, 4.69) is 32.7 Å². The first-order chi connectivity index (χ1) is 7.00. The number of hydrogen-bond acceptors (Lipinski definition) is 2. The fourth-order valence-corrected chi connectivity index (χ4v) is 3.16. The summed E-state index contributed by atoms with van der Waals surface area (Å²) >= 11 is 7.87. The molecular weight excluding hydrogens is 226 g/mol. The first-order valence-electron chi connectivity index (χ1n) is 5.49. The van der Waals surface area contributed by atoms with Crippen LogP contribution < -0.4 is 0 Å². The van der Waals surface area contributed by atoms with E-state index in [4.69, 9.17) is 11.6 Å². The van der Waals surface area contributed by atoms with Gasteiger partial charge in [-0.05, 0) is 25.7 Å². The lowest BCUT2D eigenvalue weighted by Gasteiger charge is -2.25. The molecule has 1 unspecified atom stereocenters. The van der Waals surface area contributed by atoms with Crippen LogP contribution in [0.15, 0.2) is 0 Å². The number of aryl methyl sites for hydroxylation is 2. The molecule has 1 aromatic heterocycles. The average Bonchev–Trinajstić information content (AvgIpc) is 2.46. The Labute approximate surface area is 102 Å². The van der Waals surface area contributed by atoms with Crippen molar-refractivity contribution >= 4 is 22.9 Å². The maximum absolute atomic E-state index is 6.06. The molecule has 1 aromatic rings. The molecule has 0 radical (unpaired) electrons. The Morgan fingerprint density at radius 1 is 1.40 bits per heavy atom.